The molecule has 9 rings (SSSR count). The Morgan fingerprint density at radius 1 is 0.585 bits per heavy atom. The van der Waals surface area contributed by atoms with Gasteiger partial charge in [-0.2, -0.15) is 0 Å². The van der Waals surface area contributed by atoms with Gasteiger partial charge in [0.05, 0.1) is 0 Å². The van der Waals surface area contributed by atoms with Gasteiger partial charge in [0.1, 0.15) is 11.2 Å². The van der Waals surface area contributed by atoms with E-state index in [1.54, 1.807) is 0 Å². The highest BCUT2D eigenvalue weighted by Gasteiger charge is 2.07. The molecule has 0 saturated carbocycles. The van der Waals surface area contributed by atoms with Crippen molar-refractivity contribution in [2.24, 2.45) is 0 Å². The molecule has 4 heterocycles. The molecule has 0 amide bonds. The molecule has 284 valence electrons. The smallest absolute Gasteiger partial charge is 0.138 e. The maximum absolute atomic E-state index is 5.78. The van der Waals surface area contributed by atoms with Crippen LogP contribution in [0.2, 0.25) is 0 Å². The summed E-state index contributed by atoms with van der Waals surface area (Å²) in [5.74, 6) is 0. The monoisotopic (exact) mass is 731 g/mol. The molecule has 0 bridgehead atoms. The van der Waals surface area contributed by atoms with E-state index in [9.17, 15) is 0 Å². The van der Waals surface area contributed by atoms with Crippen molar-refractivity contribution in [3.05, 3.63) is 132 Å². The van der Waals surface area contributed by atoms with Crippen LogP contribution in [0.15, 0.2) is 120 Å². The van der Waals surface area contributed by atoms with Gasteiger partial charge in [-0.15, -0.1) is 11.3 Å². The van der Waals surface area contributed by atoms with Crippen molar-refractivity contribution in [1.82, 2.24) is 15.2 Å². The van der Waals surface area contributed by atoms with Crippen LogP contribution in [0.4, 0.5) is 0 Å². The number of hydrogen-bond donors (Lipinski definition) is 2. The molecular weight excluding hydrogens is 667 g/mol. The molecule has 1 aliphatic heterocycles. The van der Waals surface area contributed by atoms with E-state index in [-0.39, 0.29) is 0 Å². The third-order valence-electron chi connectivity index (χ3n) is 8.25. The van der Waals surface area contributed by atoms with E-state index in [0.29, 0.717) is 0 Å². The lowest BCUT2D eigenvalue weighted by molar-refractivity contribution is 0.291. The molecule has 0 unspecified atom stereocenters. The summed E-state index contributed by atoms with van der Waals surface area (Å²) in [5, 5.41) is 9.75. The first-order valence-corrected chi connectivity index (χ1v) is 20.5. The molecule has 2 N–H and O–H groups in total. The minimum Gasteiger partial charge on any atom is -0.456 e. The predicted molar refractivity (Wildman–Crippen MR) is 241 cm³/mol. The summed E-state index contributed by atoms with van der Waals surface area (Å²) in [6.45, 7) is 27.1. The second kappa shape index (κ2) is 24.8. The van der Waals surface area contributed by atoms with Gasteiger partial charge in [-0.1, -0.05) is 140 Å². The second-order valence-corrected chi connectivity index (χ2v) is 12.8. The van der Waals surface area contributed by atoms with Crippen molar-refractivity contribution < 1.29 is 4.42 Å². The fraction of sp³-hybridized carbons (Fsp3) is 0.333. The zero-order chi connectivity index (χ0) is 39.2. The van der Waals surface area contributed by atoms with Crippen LogP contribution < -0.4 is 5.32 Å². The number of aryl methyl sites for hydroxylation is 3. The standard InChI is InChI=1S/C13H10O.C13H10S.C9H9N.C5H12N2.4C2H6/c2*1-9-5-4-7-11-10-6-2-3-8-12(10)14-13(9)11;1-7-2-3-9-8(6-7)4-5-10-9;1-7-4-2-6-3-5-7;4*1-2/h2*2-8H,1H3;2-6,10H,1H3;6H,2-5H2,1H3;4*1-2H3. The Bertz CT molecular complexity index is 2050. The number of furan rings is 1. The molecule has 5 aromatic carbocycles. The fourth-order valence-electron chi connectivity index (χ4n) is 5.73. The Morgan fingerprint density at radius 2 is 1.17 bits per heavy atom. The maximum Gasteiger partial charge on any atom is 0.138 e. The number of aromatic nitrogens is 1. The molecule has 0 aliphatic carbocycles. The normalized spacial score (nSPS) is 11.7. The van der Waals surface area contributed by atoms with Gasteiger partial charge in [0.2, 0.25) is 0 Å². The van der Waals surface area contributed by atoms with Crippen molar-refractivity contribution in [2.75, 3.05) is 33.2 Å². The van der Waals surface area contributed by atoms with Crippen LogP contribution in [0.1, 0.15) is 72.1 Å². The highest BCUT2D eigenvalue weighted by molar-refractivity contribution is 7.26. The topological polar surface area (TPSA) is 44.2 Å². The first-order chi connectivity index (χ1) is 26.0. The first-order valence-electron chi connectivity index (χ1n) is 19.6. The van der Waals surface area contributed by atoms with Gasteiger partial charge < -0.3 is 19.6 Å². The highest BCUT2D eigenvalue weighted by Crippen LogP contribution is 2.35. The van der Waals surface area contributed by atoms with Crippen molar-refractivity contribution in [3.8, 4) is 0 Å². The number of nitrogens with zero attached hydrogens (tertiary/aromatic N) is 1. The van der Waals surface area contributed by atoms with Crippen molar-refractivity contribution in [2.45, 2.75) is 76.2 Å². The summed E-state index contributed by atoms with van der Waals surface area (Å²) >= 11 is 1.89. The van der Waals surface area contributed by atoms with E-state index >= 15 is 0 Å². The van der Waals surface area contributed by atoms with Crippen LogP contribution in [0, 0.1) is 20.8 Å². The number of rotatable bonds is 0. The number of likely N-dealkylation sites (N-methyl/N-ethyl adjacent to an activating group) is 1. The Hall–Kier alpha value is -4.42. The quantitative estimate of drug-likeness (QED) is 0.163. The Labute approximate surface area is 324 Å². The largest absolute Gasteiger partial charge is 0.456 e. The Kier molecular flexibility index (Phi) is 20.9. The SMILES string of the molecule is CC.CC.CC.CC.CN1CCNCC1.Cc1ccc2[nH]ccc2c1.Cc1cccc2c1oc1ccccc12.Cc1cccc2c1sc1ccccc12. The van der Waals surface area contributed by atoms with Crippen molar-refractivity contribution in [3.63, 3.8) is 0 Å². The lowest BCUT2D eigenvalue weighted by atomic mass is 10.1. The molecule has 0 radical (unpaired) electrons. The van der Waals surface area contributed by atoms with E-state index < -0.39 is 0 Å². The first kappa shape index (κ1) is 44.7. The summed E-state index contributed by atoms with van der Waals surface area (Å²) in [5.41, 5.74) is 7.07. The number of H-pyrrole nitrogens is 1. The minimum absolute atomic E-state index is 0.969. The molecule has 1 fully saturated rings. The summed E-state index contributed by atoms with van der Waals surface area (Å²) in [6.07, 6.45) is 1.96. The number of nitrogens with one attached hydrogen (secondary N) is 2. The van der Waals surface area contributed by atoms with Gasteiger partial charge in [0, 0.05) is 68.8 Å². The van der Waals surface area contributed by atoms with Crippen LogP contribution in [0.5, 0.6) is 0 Å². The van der Waals surface area contributed by atoms with Gasteiger partial charge in [0.15, 0.2) is 0 Å². The van der Waals surface area contributed by atoms with Crippen LogP contribution >= 0.6 is 11.3 Å². The zero-order valence-electron chi connectivity index (χ0n) is 34.6. The van der Waals surface area contributed by atoms with Crippen LogP contribution in [-0.2, 0) is 0 Å². The number of thiophene rings is 1. The van der Waals surface area contributed by atoms with E-state index in [0.717, 1.165) is 24.3 Å². The van der Waals surface area contributed by atoms with E-state index in [4.69, 9.17) is 4.42 Å². The molecule has 3 aromatic heterocycles. The summed E-state index contributed by atoms with van der Waals surface area (Å²) in [6, 6.07) is 38.0. The number of aromatic amines is 1. The molecular formula is C48H65N3OS. The zero-order valence-corrected chi connectivity index (χ0v) is 35.4. The molecule has 4 nitrogen and oxygen atoms in total. The van der Waals surface area contributed by atoms with Gasteiger partial charge >= 0.3 is 0 Å². The number of para-hydroxylation sites is 2. The number of fused-ring (bicyclic) bond motifs is 7. The summed E-state index contributed by atoms with van der Waals surface area (Å²) in [4.78, 5) is 5.48. The van der Waals surface area contributed by atoms with E-state index in [1.165, 1.54) is 71.6 Å². The number of piperazine rings is 1. The Balaban J connectivity index is 0.000000235. The maximum atomic E-state index is 5.78. The van der Waals surface area contributed by atoms with Gasteiger partial charge in [-0.25, -0.2) is 0 Å². The third-order valence-corrected chi connectivity index (χ3v) is 9.57. The molecule has 5 heteroatoms. The van der Waals surface area contributed by atoms with Gasteiger partial charge in [-0.3, -0.25) is 0 Å². The van der Waals surface area contributed by atoms with Crippen LogP contribution in [0.25, 0.3) is 53.0 Å². The van der Waals surface area contributed by atoms with Crippen LogP contribution in [-0.4, -0.2) is 43.1 Å². The van der Waals surface area contributed by atoms with Gasteiger partial charge in [-0.05, 0) is 74.7 Å². The lowest BCUT2D eigenvalue weighted by Gasteiger charge is -2.21. The van der Waals surface area contributed by atoms with E-state index in [2.05, 4.69) is 134 Å². The summed E-state index contributed by atoms with van der Waals surface area (Å²) in [7, 11) is 2.15. The third kappa shape index (κ3) is 12.6. The minimum atomic E-state index is 0.969. The van der Waals surface area contributed by atoms with Gasteiger partial charge in [0.25, 0.3) is 0 Å². The molecule has 8 aromatic rings. The number of hydrogen-bond acceptors (Lipinski definition) is 4. The summed E-state index contributed by atoms with van der Waals surface area (Å²) < 4.78 is 8.59. The molecule has 1 aliphatic rings. The Morgan fingerprint density at radius 3 is 1.83 bits per heavy atom. The molecule has 0 spiro atoms. The molecule has 1 saturated heterocycles. The van der Waals surface area contributed by atoms with Crippen LogP contribution in [0.3, 0.4) is 0 Å². The molecule has 0 atom stereocenters. The number of benzene rings is 5. The average Bonchev–Trinajstić information content (AvgIpc) is 3.96. The predicted octanol–water partition coefficient (Wildman–Crippen LogP) is 14.4. The molecule has 53 heavy (non-hydrogen) atoms. The average molecular weight is 732 g/mol. The lowest BCUT2D eigenvalue weighted by Crippen LogP contribution is -2.40. The van der Waals surface area contributed by atoms with Crippen molar-refractivity contribution in [1.29, 1.82) is 0 Å². The van der Waals surface area contributed by atoms with E-state index in [1.807, 2.05) is 91.1 Å². The van der Waals surface area contributed by atoms with Crippen molar-refractivity contribution >= 4 is 64.4 Å². The fourth-order valence-corrected chi connectivity index (χ4v) is 6.90. The highest BCUT2D eigenvalue weighted by atomic mass is 32.1. The second-order valence-electron chi connectivity index (χ2n) is 11.7.